The Morgan fingerprint density at radius 2 is 0.652 bits per heavy atom. The maximum Gasteiger partial charge on any atom is 0.0554 e. The zero-order chi connectivity index (χ0) is 45.9. The van der Waals surface area contributed by atoms with Gasteiger partial charge in [0.25, 0.3) is 0 Å². The molecule has 0 amide bonds. The molecule has 326 valence electrons. The van der Waals surface area contributed by atoms with Crippen LogP contribution in [0, 0.1) is 0 Å². The van der Waals surface area contributed by atoms with Crippen LogP contribution in [0.2, 0.25) is 0 Å². The molecule has 69 heavy (non-hydrogen) atoms. The van der Waals surface area contributed by atoms with Crippen molar-refractivity contribution in [2.45, 2.75) is 0 Å². The molecule has 1 heterocycles. The summed E-state index contributed by atoms with van der Waals surface area (Å²) >= 11 is 1.87. The molecule has 12 aromatic rings. The van der Waals surface area contributed by atoms with Crippen molar-refractivity contribution < 1.29 is 0 Å². The van der Waals surface area contributed by atoms with E-state index in [0.717, 1.165) is 67.5 Å². The van der Waals surface area contributed by atoms with Crippen LogP contribution in [0.5, 0.6) is 0 Å². The van der Waals surface area contributed by atoms with Gasteiger partial charge in [0, 0.05) is 48.2 Å². The van der Waals surface area contributed by atoms with Gasteiger partial charge in [0.15, 0.2) is 0 Å². The summed E-state index contributed by atoms with van der Waals surface area (Å²) in [5.74, 6) is 0. The summed E-state index contributed by atoms with van der Waals surface area (Å²) in [6.45, 7) is 0. The first-order chi connectivity index (χ1) is 34.3. The minimum atomic E-state index is 1.07. The van der Waals surface area contributed by atoms with E-state index in [1.807, 2.05) is 11.3 Å². The van der Waals surface area contributed by atoms with E-state index in [2.05, 4.69) is 289 Å². The van der Waals surface area contributed by atoms with Crippen molar-refractivity contribution in [1.82, 2.24) is 0 Å². The van der Waals surface area contributed by atoms with Crippen LogP contribution in [0.15, 0.2) is 279 Å². The highest BCUT2D eigenvalue weighted by atomic mass is 32.1. The molecule has 0 saturated heterocycles. The van der Waals surface area contributed by atoms with Gasteiger partial charge in [0.1, 0.15) is 0 Å². The van der Waals surface area contributed by atoms with Gasteiger partial charge in [-0.3, -0.25) is 0 Å². The topological polar surface area (TPSA) is 6.48 Å². The van der Waals surface area contributed by atoms with Gasteiger partial charge in [-0.05, 0) is 93.5 Å². The van der Waals surface area contributed by atoms with Crippen LogP contribution in [0.25, 0.3) is 75.8 Å². The third-order valence-electron chi connectivity index (χ3n) is 13.1. The zero-order valence-corrected chi connectivity index (χ0v) is 38.7. The minimum Gasteiger partial charge on any atom is -0.310 e. The molecular formula is C66H46N2S. The lowest BCUT2D eigenvalue weighted by Crippen LogP contribution is -2.14. The van der Waals surface area contributed by atoms with Crippen molar-refractivity contribution in [3.63, 3.8) is 0 Å². The smallest absolute Gasteiger partial charge is 0.0554 e. The maximum absolute atomic E-state index is 2.47. The number of thiophene rings is 1. The largest absolute Gasteiger partial charge is 0.310 e. The summed E-state index contributed by atoms with van der Waals surface area (Å²) in [6.07, 6.45) is 0. The van der Waals surface area contributed by atoms with Crippen molar-refractivity contribution in [3.8, 4) is 55.6 Å². The highest BCUT2D eigenvalue weighted by molar-refractivity contribution is 7.26. The van der Waals surface area contributed by atoms with Crippen molar-refractivity contribution in [2.75, 3.05) is 9.80 Å². The zero-order valence-electron chi connectivity index (χ0n) is 37.9. The molecule has 0 aliphatic heterocycles. The van der Waals surface area contributed by atoms with Crippen molar-refractivity contribution in [3.05, 3.63) is 279 Å². The molecule has 0 N–H and O–H groups in total. The molecular weight excluding hydrogens is 853 g/mol. The Bertz CT molecular complexity index is 3630. The Hall–Kier alpha value is -8.76. The van der Waals surface area contributed by atoms with E-state index in [0.29, 0.717) is 0 Å². The summed E-state index contributed by atoms with van der Waals surface area (Å²) in [5.41, 5.74) is 18.3. The first-order valence-electron chi connectivity index (χ1n) is 23.5. The van der Waals surface area contributed by atoms with E-state index < -0.39 is 0 Å². The number of anilines is 6. The number of nitrogens with zero attached hydrogens (tertiary/aromatic N) is 2. The summed E-state index contributed by atoms with van der Waals surface area (Å²) in [4.78, 5) is 4.92. The molecule has 3 heteroatoms. The normalized spacial score (nSPS) is 11.2. The molecule has 0 fully saturated rings. The second kappa shape index (κ2) is 18.5. The number of rotatable bonds is 11. The van der Waals surface area contributed by atoms with Crippen LogP contribution in [-0.4, -0.2) is 0 Å². The number of hydrogen-bond donors (Lipinski definition) is 0. The Morgan fingerprint density at radius 3 is 1.22 bits per heavy atom. The quantitative estimate of drug-likeness (QED) is 0.128. The third-order valence-corrected chi connectivity index (χ3v) is 14.3. The average Bonchev–Trinajstić information content (AvgIpc) is 3.83. The number of fused-ring (bicyclic) bond motifs is 3. The molecule has 0 atom stereocenters. The molecule has 11 aromatic carbocycles. The first kappa shape index (κ1) is 41.7. The van der Waals surface area contributed by atoms with E-state index >= 15 is 0 Å². The lowest BCUT2D eigenvalue weighted by molar-refractivity contribution is 1.28. The van der Waals surface area contributed by atoms with Gasteiger partial charge < -0.3 is 9.80 Å². The van der Waals surface area contributed by atoms with Gasteiger partial charge in [-0.25, -0.2) is 0 Å². The highest BCUT2D eigenvalue weighted by Gasteiger charge is 2.25. The fourth-order valence-corrected chi connectivity index (χ4v) is 11.2. The second-order valence-corrected chi connectivity index (χ2v) is 18.3. The van der Waals surface area contributed by atoms with Gasteiger partial charge in [-0.2, -0.15) is 0 Å². The van der Waals surface area contributed by atoms with Crippen LogP contribution in [0.1, 0.15) is 0 Å². The van der Waals surface area contributed by atoms with Crippen LogP contribution in [0.4, 0.5) is 34.1 Å². The number of hydrogen-bond acceptors (Lipinski definition) is 3. The van der Waals surface area contributed by atoms with Crippen LogP contribution < -0.4 is 9.80 Å². The van der Waals surface area contributed by atoms with Gasteiger partial charge >= 0.3 is 0 Å². The fraction of sp³-hybridized carbons (Fsp3) is 0. The second-order valence-electron chi connectivity index (χ2n) is 17.2. The Kier molecular flexibility index (Phi) is 11.2. The van der Waals surface area contributed by atoms with Gasteiger partial charge in [-0.15, -0.1) is 11.3 Å². The van der Waals surface area contributed by atoms with Gasteiger partial charge in [-0.1, -0.05) is 224 Å². The Balaban J connectivity index is 1.06. The predicted molar refractivity (Wildman–Crippen MR) is 296 cm³/mol. The van der Waals surface area contributed by atoms with Crippen molar-refractivity contribution >= 4 is 65.6 Å². The molecule has 12 rings (SSSR count). The maximum atomic E-state index is 2.47. The predicted octanol–water partition coefficient (Wildman–Crippen LogP) is 19.3. The van der Waals surface area contributed by atoms with Crippen molar-refractivity contribution in [2.24, 2.45) is 0 Å². The monoisotopic (exact) mass is 898 g/mol. The van der Waals surface area contributed by atoms with E-state index in [9.17, 15) is 0 Å². The molecule has 0 unspecified atom stereocenters. The molecule has 0 aliphatic carbocycles. The molecule has 0 bridgehead atoms. The lowest BCUT2D eigenvalue weighted by Gasteiger charge is -2.32. The van der Waals surface area contributed by atoms with Crippen LogP contribution in [0.3, 0.4) is 0 Å². The molecule has 0 spiro atoms. The summed E-state index contributed by atoms with van der Waals surface area (Å²) in [6, 6.07) is 101. The molecule has 0 aliphatic rings. The van der Waals surface area contributed by atoms with E-state index in [1.54, 1.807) is 0 Å². The van der Waals surface area contributed by atoms with Crippen LogP contribution in [-0.2, 0) is 0 Å². The van der Waals surface area contributed by atoms with E-state index in [1.165, 1.54) is 42.4 Å². The van der Waals surface area contributed by atoms with Crippen molar-refractivity contribution in [1.29, 1.82) is 0 Å². The SMILES string of the molecule is c1ccc(-c2ccc(N(c3cccc(-c4ccccc4N(c4ccccc4-c4ccccc4)c4ccccc4-c4ccccc4)c3)c3cccc4sc5c(-c6ccccc6)cccc5c34)cc2)cc1. The van der Waals surface area contributed by atoms with E-state index in [4.69, 9.17) is 0 Å². The number of benzene rings is 11. The molecule has 0 radical (unpaired) electrons. The standard InChI is InChI=1S/C66H46N2S/c1-5-22-47(23-6-1)48-42-44-53(45-43-48)67(63-40-21-41-64-65(63)59-36-20-35-58(66(59)69-64)51-28-11-4-12-29-51)54-31-19-30-52(46-54)57-34-15-18-39-62(57)68(60-37-16-13-32-55(60)49-24-7-2-8-25-49)61-38-17-14-33-56(61)50-26-9-3-10-27-50/h1-46H. The lowest BCUT2D eigenvalue weighted by atomic mass is 9.96. The molecule has 0 saturated carbocycles. The van der Waals surface area contributed by atoms with E-state index in [-0.39, 0.29) is 0 Å². The minimum absolute atomic E-state index is 1.07. The Labute approximate surface area is 407 Å². The molecule has 2 nitrogen and oxygen atoms in total. The molecule has 1 aromatic heterocycles. The first-order valence-corrected chi connectivity index (χ1v) is 24.3. The Morgan fingerprint density at radius 1 is 0.246 bits per heavy atom. The fourth-order valence-electron chi connectivity index (χ4n) is 9.90. The summed E-state index contributed by atoms with van der Waals surface area (Å²) in [7, 11) is 0. The van der Waals surface area contributed by atoms with Gasteiger partial charge in [0.2, 0.25) is 0 Å². The third kappa shape index (κ3) is 7.95. The summed E-state index contributed by atoms with van der Waals surface area (Å²) in [5, 5.41) is 2.50. The highest BCUT2D eigenvalue weighted by Crippen LogP contribution is 2.50. The summed E-state index contributed by atoms with van der Waals surface area (Å²) < 4.78 is 2.54. The average molecular weight is 899 g/mol. The van der Waals surface area contributed by atoms with Gasteiger partial charge in [0.05, 0.1) is 22.7 Å². The number of para-hydroxylation sites is 3. The van der Waals surface area contributed by atoms with Crippen LogP contribution >= 0.6 is 11.3 Å².